The minimum absolute atomic E-state index is 0.393. The van der Waals surface area contributed by atoms with Gasteiger partial charge in [0.2, 0.25) is 0 Å². The maximum atomic E-state index is 10.0. The van der Waals surface area contributed by atoms with Gasteiger partial charge in [-0.15, -0.1) is 0 Å². The summed E-state index contributed by atoms with van der Waals surface area (Å²) < 4.78 is 28.8. The molecular formula is C17H32O7. The number of methoxy groups -OCH3 is 1. The number of rotatable bonds is 9. The Bertz CT molecular complexity index is 359. The molecule has 0 amide bonds. The van der Waals surface area contributed by atoms with Crippen LogP contribution >= 0.6 is 0 Å². The summed E-state index contributed by atoms with van der Waals surface area (Å²) in [6.07, 6.45) is 2.39. The zero-order valence-electron chi connectivity index (χ0n) is 15.0. The number of aliphatic hydroxyl groups is 2. The van der Waals surface area contributed by atoms with Crippen LogP contribution in [0.1, 0.15) is 52.4 Å². The lowest BCUT2D eigenvalue weighted by atomic mass is 9.94. The van der Waals surface area contributed by atoms with E-state index in [1.54, 1.807) is 14.0 Å². The van der Waals surface area contributed by atoms with E-state index in [1.165, 1.54) is 6.42 Å². The van der Waals surface area contributed by atoms with Crippen molar-refractivity contribution in [1.29, 1.82) is 0 Å². The standard InChI is InChI=1S/C17H32O7/c1-4-21-12(2)22-14-10-15(23-16(14)13(19)11-18)24-17(20-3)8-6-5-7-9-17/h12-16,18-19H,4-11H2,1-3H3/t12?,13?,14-,15-,16-/m1/s1. The summed E-state index contributed by atoms with van der Waals surface area (Å²) in [6, 6.07) is 0. The van der Waals surface area contributed by atoms with Gasteiger partial charge in [-0.2, -0.15) is 0 Å². The molecule has 2 N–H and O–H groups in total. The molecule has 1 heterocycles. The van der Waals surface area contributed by atoms with Crippen molar-refractivity contribution in [2.75, 3.05) is 20.3 Å². The van der Waals surface area contributed by atoms with Crippen molar-refractivity contribution in [3.05, 3.63) is 0 Å². The van der Waals surface area contributed by atoms with E-state index in [0.29, 0.717) is 13.0 Å². The first-order chi connectivity index (χ1) is 11.5. The van der Waals surface area contributed by atoms with E-state index in [1.807, 2.05) is 6.92 Å². The van der Waals surface area contributed by atoms with Crippen molar-refractivity contribution in [2.45, 2.75) is 89.1 Å². The predicted molar refractivity (Wildman–Crippen MR) is 86.2 cm³/mol. The van der Waals surface area contributed by atoms with Crippen molar-refractivity contribution in [3.8, 4) is 0 Å². The molecular weight excluding hydrogens is 316 g/mol. The highest BCUT2D eigenvalue weighted by atomic mass is 16.8. The second-order valence-electron chi connectivity index (χ2n) is 6.51. The Balaban J connectivity index is 1.99. The molecule has 1 aliphatic heterocycles. The Morgan fingerprint density at radius 1 is 1.25 bits per heavy atom. The molecule has 0 aromatic heterocycles. The molecule has 1 saturated heterocycles. The third-order valence-corrected chi connectivity index (χ3v) is 4.77. The predicted octanol–water partition coefficient (Wildman–Crippen LogP) is 1.55. The van der Waals surface area contributed by atoms with Gasteiger partial charge in [0.1, 0.15) is 12.2 Å². The molecule has 2 rings (SSSR count). The second-order valence-corrected chi connectivity index (χ2v) is 6.51. The zero-order chi connectivity index (χ0) is 17.6. The maximum Gasteiger partial charge on any atom is 0.171 e. The van der Waals surface area contributed by atoms with E-state index in [9.17, 15) is 10.2 Å². The molecule has 142 valence electrons. The molecule has 7 nitrogen and oxygen atoms in total. The van der Waals surface area contributed by atoms with Gasteiger partial charge in [-0.1, -0.05) is 6.42 Å². The van der Waals surface area contributed by atoms with Crippen molar-refractivity contribution < 1.29 is 33.9 Å². The summed E-state index contributed by atoms with van der Waals surface area (Å²) in [5.74, 6) is -0.627. The quantitative estimate of drug-likeness (QED) is 0.611. The molecule has 24 heavy (non-hydrogen) atoms. The summed E-state index contributed by atoms with van der Waals surface area (Å²) in [6.45, 7) is 3.84. The molecule has 1 saturated carbocycles. The summed E-state index contributed by atoms with van der Waals surface area (Å²) in [5, 5.41) is 19.3. The van der Waals surface area contributed by atoms with Crippen LogP contribution in [-0.2, 0) is 23.7 Å². The number of ether oxygens (including phenoxy) is 5. The van der Waals surface area contributed by atoms with Gasteiger partial charge in [-0.3, -0.25) is 0 Å². The van der Waals surface area contributed by atoms with Crippen LogP contribution in [0.3, 0.4) is 0 Å². The van der Waals surface area contributed by atoms with Gasteiger partial charge in [0, 0.05) is 33.0 Å². The summed E-state index contributed by atoms with van der Waals surface area (Å²) in [5.41, 5.74) is 0. The third-order valence-electron chi connectivity index (χ3n) is 4.77. The summed E-state index contributed by atoms with van der Waals surface area (Å²) in [4.78, 5) is 0. The van der Waals surface area contributed by atoms with Crippen LogP contribution in [0.25, 0.3) is 0 Å². The highest BCUT2D eigenvalue weighted by Gasteiger charge is 2.45. The first kappa shape index (κ1) is 20.0. The van der Waals surface area contributed by atoms with Crippen molar-refractivity contribution in [3.63, 3.8) is 0 Å². The van der Waals surface area contributed by atoms with E-state index in [2.05, 4.69) is 0 Å². The molecule has 0 aromatic carbocycles. The minimum atomic E-state index is -1.03. The fraction of sp³-hybridized carbons (Fsp3) is 1.00. The average Bonchev–Trinajstić information content (AvgIpc) is 2.97. The molecule has 2 fully saturated rings. The van der Waals surface area contributed by atoms with Crippen molar-refractivity contribution in [2.24, 2.45) is 0 Å². The minimum Gasteiger partial charge on any atom is -0.394 e. The monoisotopic (exact) mass is 348 g/mol. The van der Waals surface area contributed by atoms with Crippen LogP contribution in [0.4, 0.5) is 0 Å². The Morgan fingerprint density at radius 2 is 1.96 bits per heavy atom. The van der Waals surface area contributed by atoms with Crippen LogP contribution in [0, 0.1) is 0 Å². The van der Waals surface area contributed by atoms with Gasteiger partial charge in [0.25, 0.3) is 0 Å². The molecule has 2 aliphatic rings. The molecule has 5 atom stereocenters. The third kappa shape index (κ3) is 5.11. The Kier molecular flexibility index (Phi) is 7.87. The van der Waals surface area contributed by atoms with Gasteiger partial charge in [-0.25, -0.2) is 0 Å². The Labute approximate surface area is 144 Å². The average molecular weight is 348 g/mol. The fourth-order valence-electron chi connectivity index (χ4n) is 3.51. The molecule has 0 radical (unpaired) electrons. The van der Waals surface area contributed by atoms with Gasteiger partial charge < -0.3 is 33.9 Å². The number of aliphatic hydroxyl groups excluding tert-OH is 2. The SMILES string of the molecule is CCOC(C)O[C@@H]1C[C@@H](OC2(OC)CCCCC2)O[C@@H]1C(O)CO. The van der Waals surface area contributed by atoms with Crippen molar-refractivity contribution in [1.82, 2.24) is 0 Å². The second kappa shape index (κ2) is 9.43. The lowest BCUT2D eigenvalue weighted by Gasteiger charge is -2.37. The van der Waals surface area contributed by atoms with Gasteiger partial charge in [-0.05, 0) is 26.7 Å². The van der Waals surface area contributed by atoms with Gasteiger partial charge in [0.15, 0.2) is 18.4 Å². The summed E-state index contributed by atoms with van der Waals surface area (Å²) >= 11 is 0. The maximum absolute atomic E-state index is 10.0. The first-order valence-corrected chi connectivity index (χ1v) is 8.98. The van der Waals surface area contributed by atoms with E-state index in [4.69, 9.17) is 23.7 Å². The zero-order valence-corrected chi connectivity index (χ0v) is 15.0. The van der Waals surface area contributed by atoms with Gasteiger partial charge >= 0.3 is 0 Å². The fourth-order valence-corrected chi connectivity index (χ4v) is 3.51. The van der Waals surface area contributed by atoms with Crippen LogP contribution in [0.5, 0.6) is 0 Å². The van der Waals surface area contributed by atoms with Crippen molar-refractivity contribution >= 4 is 0 Å². The largest absolute Gasteiger partial charge is 0.394 e. The molecule has 1 aliphatic carbocycles. The Hall–Kier alpha value is -0.280. The lowest BCUT2D eigenvalue weighted by Crippen LogP contribution is -2.41. The van der Waals surface area contributed by atoms with Crippen LogP contribution in [-0.4, -0.2) is 67.2 Å². The highest BCUT2D eigenvalue weighted by molar-refractivity contribution is 4.87. The summed E-state index contributed by atoms with van der Waals surface area (Å²) in [7, 11) is 1.66. The molecule has 0 spiro atoms. The molecule has 0 aromatic rings. The smallest absolute Gasteiger partial charge is 0.171 e. The van der Waals surface area contributed by atoms with Crippen LogP contribution in [0.2, 0.25) is 0 Å². The normalized spacial score (nSPS) is 32.6. The Morgan fingerprint density at radius 3 is 2.54 bits per heavy atom. The van der Waals surface area contributed by atoms with E-state index >= 15 is 0 Å². The first-order valence-electron chi connectivity index (χ1n) is 8.98. The van der Waals surface area contributed by atoms with Crippen LogP contribution < -0.4 is 0 Å². The highest BCUT2D eigenvalue weighted by Crippen LogP contribution is 2.37. The van der Waals surface area contributed by atoms with E-state index < -0.39 is 43.3 Å². The van der Waals surface area contributed by atoms with Gasteiger partial charge in [0.05, 0.1) is 12.7 Å². The van der Waals surface area contributed by atoms with Crippen LogP contribution in [0.15, 0.2) is 0 Å². The number of hydrogen-bond acceptors (Lipinski definition) is 7. The van der Waals surface area contributed by atoms with E-state index in [0.717, 1.165) is 25.7 Å². The lowest BCUT2D eigenvalue weighted by molar-refractivity contribution is -0.310. The van der Waals surface area contributed by atoms with E-state index in [-0.39, 0.29) is 0 Å². The molecule has 2 unspecified atom stereocenters. The molecule has 0 bridgehead atoms. The molecule has 7 heteroatoms. The topological polar surface area (TPSA) is 86.6 Å². The number of hydrogen-bond donors (Lipinski definition) is 2.